The number of H-pyrrole nitrogens is 1. The number of aromatic nitrogens is 2. The van der Waals surface area contributed by atoms with Gasteiger partial charge in [-0.25, -0.2) is 4.79 Å². The minimum Gasteiger partial charge on any atom is -0.307 e. The van der Waals surface area contributed by atoms with Gasteiger partial charge in [0, 0.05) is 6.54 Å². The molecular formula is C13H15N3O2. The Morgan fingerprint density at radius 1 is 1.39 bits per heavy atom. The summed E-state index contributed by atoms with van der Waals surface area (Å²) < 4.78 is 1.73. The molecule has 18 heavy (non-hydrogen) atoms. The molecule has 0 saturated carbocycles. The Morgan fingerprint density at radius 2 is 2.17 bits per heavy atom. The van der Waals surface area contributed by atoms with Gasteiger partial charge >= 0.3 is 5.69 Å². The molecule has 1 N–H and O–H groups in total. The second-order valence-corrected chi connectivity index (χ2v) is 5.06. The van der Waals surface area contributed by atoms with Crippen molar-refractivity contribution in [3.05, 3.63) is 44.6 Å². The maximum atomic E-state index is 12.0. The SMILES string of the molecule is CN(C)CC1Cc2cccc3c(=O)[nH]c(=O)n1c23. The Bertz CT molecular complexity index is 727. The molecule has 1 aromatic carbocycles. The summed E-state index contributed by atoms with van der Waals surface area (Å²) in [7, 11) is 3.97. The van der Waals surface area contributed by atoms with Crippen LogP contribution in [0.25, 0.3) is 10.9 Å². The van der Waals surface area contributed by atoms with E-state index in [2.05, 4.69) is 9.88 Å². The van der Waals surface area contributed by atoms with Gasteiger partial charge in [0.05, 0.1) is 16.9 Å². The lowest BCUT2D eigenvalue weighted by atomic mass is 10.1. The van der Waals surface area contributed by atoms with E-state index in [9.17, 15) is 9.59 Å². The largest absolute Gasteiger partial charge is 0.329 e. The van der Waals surface area contributed by atoms with Crippen molar-refractivity contribution in [2.75, 3.05) is 20.6 Å². The highest BCUT2D eigenvalue weighted by molar-refractivity contribution is 5.82. The predicted molar refractivity (Wildman–Crippen MR) is 70.1 cm³/mol. The number of para-hydroxylation sites is 1. The van der Waals surface area contributed by atoms with Crippen LogP contribution >= 0.6 is 0 Å². The van der Waals surface area contributed by atoms with Gasteiger partial charge in [-0.05, 0) is 32.1 Å². The number of likely N-dealkylation sites (N-methyl/N-ethyl adjacent to an activating group) is 1. The van der Waals surface area contributed by atoms with E-state index in [1.807, 2.05) is 26.2 Å². The van der Waals surface area contributed by atoms with E-state index in [0.717, 1.165) is 24.0 Å². The normalized spacial score (nSPS) is 17.8. The molecular weight excluding hydrogens is 230 g/mol. The van der Waals surface area contributed by atoms with Gasteiger partial charge in [0.15, 0.2) is 0 Å². The van der Waals surface area contributed by atoms with E-state index in [-0.39, 0.29) is 17.3 Å². The molecule has 0 radical (unpaired) electrons. The molecule has 2 heterocycles. The lowest BCUT2D eigenvalue weighted by Crippen LogP contribution is -2.34. The van der Waals surface area contributed by atoms with Crippen molar-refractivity contribution in [1.82, 2.24) is 14.5 Å². The van der Waals surface area contributed by atoms with Crippen LogP contribution in [0.1, 0.15) is 11.6 Å². The minimum absolute atomic E-state index is 0.101. The standard InChI is InChI=1S/C13H15N3O2/c1-15(2)7-9-6-8-4-3-5-10-11(8)16(9)13(18)14-12(10)17/h3-5,9H,6-7H2,1-2H3,(H,14,17,18). The molecule has 1 atom stereocenters. The van der Waals surface area contributed by atoms with Crippen LogP contribution in [0, 0.1) is 0 Å². The van der Waals surface area contributed by atoms with Crippen molar-refractivity contribution in [3.63, 3.8) is 0 Å². The van der Waals surface area contributed by atoms with Crippen molar-refractivity contribution in [3.8, 4) is 0 Å². The number of aromatic amines is 1. The summed E-state index contributed by atoms with van der Waals surface area (Å²) in [6, 6.07) is 5.74. The van der Waals surface area contributed by atoms with E-state index in [0.29, 0.717) is 5.39 Å². The Hall–Kier alpha value is -1.88. The van der Waals surface area contributed by atoms with E-state index in [1.54, 1.807) is 10.6 Å². The number of benzene rings is 1. The highest BCUT2D eigenvalue weighted by Crippen LogP contribution is 2.28. The molecule has 0 spiro atoms. The summed E-state index contributed by atoms with van der Waals surface area (Å²) in [5.74, 6) is 0. The Morgan fingerprint density at radius 3 is 2.89 bits per heavy atom. The molecule has 0 bridgehead atoms. The molecule has 2 aromatic rings. The predicted octanol–water partition coefficient (Wildman–Crippen LogP) is 0.349. The first-order valence-corrected chi connectivity index (χ1v) is 5.99. The van der Waals surface area contributed by atoms with Crippen molar-refractivity contribution in [2.24, 2.45) is 0 Å². The average molecular weight is 245 g/mol. The van der Waals surface area contributed by atoms with Crippen LogP contribution in [0.2, 0.25) is 0 Å². The zero-order valence-corrected chi connectivity index (χ0v) is 10.4. The molecule has 3 rings (SSSR count). The van der Waals surface area contributed by atoms with Gasteiger partial charge in [-0.1, -0.05) is 12.1 Å². The topological polar surface area (TPSA) is 58.1 Å². The second-order valence-electron chi connectivity index (χ2n) is 5.06. The van der Waals surface area contributed by atoms with Crippen molar-refractivity contribution in [1.29, 1.82) is 0 Å². The number of nitrogens with zero attached hydrogens (tertiary/aromatic N) is 2. The second kappa shape index (κ2) is 3.81. The third-order valence-corrected chi connectivity index (χ3v) is 3.44. The summed E-state index contributed by atoms with van der Waals surface area (Å²) in [6.45, 7) is 0.787. The van der Waals surface area contributed by atoms with Gasteiger partial charge in [0.1, 0.15) is 0 Å². The highest BCUT2D eigenvalue weighted by Gasteiger charge is 2.26. The van der Waals surface area contributed by atoms with E-state index in [4.69, 9.17) is 0 Å². The average Bonchev–Trinajstić information content (AvgIpc) is 2.64. The summed E-state index contributed by atoms with van der Waals surface area (Å²) in [4.78, 5) is 28.2. The first-order chi connectivity index (χ1) is 8.58. The van der Waals surface area contributed by atoms with Gasteiger partial charge in [0.2, 0.25) is 0 Å². The van der Waals surface area contributed by atoms with Crippen LogP contribution in [-0.2, 0) is 6.42 Å². The maximum absolute atomic E-state index is 12.0. The first kappa shape index (κ1) is 11.2. The Balaban J connectivity index is 2.32. The minimum atomic E-state index is -0.302. The van der Waals surface area contributed by atoms with Crippen molar-refractivity contribution in [2.45, 2.75) is 12.5 Å². The van der Waals surface area contributed by atoms with Gasteiger partial charge in [-0.15, -0.1) is 0 Å². The molecule has 94 valence electrons. The van der Waals surface area contributed by atoms with E-state index < -0.39 is 0 Å². The number of rotatable bonds is 2. The fourth-order valence-corrected chi connectivity index (χ4v) is 2.81. The molecule has 5 nitrogen and oxygen atoms in total. The highest BCUT2D eigenvalue weighted by atomic mass is 16.2. The summed E-state index contributed by atoms with van der Waals surface area (Å²) in [5, 5.41) is 0.605. The maximum Gasteiger partial charge on any atom is 0.329 e. The van der Waals surface area contributed by atoms with Crippen molar-refractivity contribution < 1.29 is 0 Å². The Labute approximate surface area is 104 Å². The van der Waals surface area contributed by atoms with E-state index >= 15 is 0 Å². The monoisotopic (exact) mass is 245 g/mol. The zero-order valence-electron chi connectivity index (χ0n) is 10.4. The first-order valence-electron chi connectivity index (χ1n) is 5.99. The lowest BCUT2D eigenvalue weighted by molar-refractivity contribution is 0.328. The van der Waals surface area contributed by atoms with Gasteiger partial charge in [-0.3, -0.25) is 14.3 Å². The molecule has 1 unspecified atom stereocenters. The molecule has 5 heteroatoms. The van der Waals surface area contributed by atoms with Crippen LogP contribution in [0.15, 0.2) is 27.8 Å². The van der Waals surface area contributed by atoms with E-state index in [1.165, 1.54) is 0 Å². The van der Waals surface area contributed by atoms with Gasteiger partial charge < -0.3 is 4.90 Å². The van der Waals surface area contributed by atoms with Gasteiger partial charge in [0.25, 0.3) is 5.56 Å². The zero-order chi connectivity index (χ0) is 12.9. The fourth-order valence-electron chi connectivity index (χ4n) is 2.81. The van der Waals surface area contributed by atoms with Gasteiger partial charge in [-0.2, -0.15) is 0 Å². The third kappa shape index (κ3) is 1.51. The molecule has 0 amide bonds. The molecule has 1 aliphatic rings. The summed E-state index contributed by atoms with van der Waals surface area (Å²) in [6.07, 6.45) is 0.808. The number of hydrogen-bond donors (Lipinski definition) is 1. The summed E-state index contributed by atoms with van der Waals surface area (Å²) >= 11 is 0. The van der Waals surface area contributed by atoms with Crippen LogP contribution in [-0.4, -0.2) is 35.1 Å². The lowest BCUT2D eigenvalue weighted by Gasteiger charge is -2.18. The molecule has 0 saturated heterocycles. The molecule has 1 aromatic heterocycles. The van der Waals surface area contributed by atoms with Crippen molar-refractivity contribution >= 4 is 10.9 Å². The molecule has 0 fully saturated rings. The Kier molecular flexibility index (Phi) is 2.38. The van der Waals surface area contributed by atoms with Crippen LogP contribution in [0.5, 0.6) is 0 Å². The smallest absolute Gasteiger partial charge is 0.307 e. The quantitative estimate of drug-likeness (QED) is 0.830. The third-order valence-electron chi connectivity index (χ3n) is 3.44. The molecule has 1 aliphatic heterocycles. The fraction of sp³-hybridized carbons (Fsp3) is 0.385. The van der Waals surface area contributed by atoms with Crippen LogP contribution < -0.4 is 11.2 Å². The number of nitrogens with one attached hydrogen (secondary N) is 1. The summed E-state index contributed by atoms with van der Waals surface area (Å²) in [5.41, 5.74) is 1.29. The van der Waals surface area contributed by atoms with Crippen LogP contribution in [0.3, 0.4) is 0 Å². The number of hydrogen-bond acceptors (Lipinski definition) is 3. The molecule has 0 aliphatic carbocycles. The van der Waals surface area contributed by atoms with Crippen LogP contribution in [0.4, 0.5) is 0 Å².